The highest BCUT2D eigenvalue weighted by molar-refractivity contribution is 6.02. The van der Waals surface area contributed by atoms with E-state index < -0.39 is 12.0 Å². The number of likely N-dealkylation sites (N-methyl/N-ethyl adjacent to an activating group) is 1. The Morgan fingerprint density at radius 2 is 1.55 bits per heavy atom. The molecule has 2 aliphatic heterocycles. The molecule has 2 aliphatic rings. The number of hydrogen-bond donors (Lipinski definition) is 0. The zero-order valence-corrected chi connectivity index (χ0v) is 18.4. The molecular weight excluding hydrogens is 396 g/mol. The van der Waals surface area contributed by atoms with Crippen LogP contribution < -0.4 is 14.2 Å². The summed E-state index contributed by atoms with van der Waals surface area (Å²) in [5.74, 6) is 1.05. The summed E-state index contributed by atoms with van der Waals surface area (Å²) >= 11 is 0. The summed E-state index contributed by atoms with van der Waals surface area (Å²) < 4.78 is 16.2. The van der Waals surface area contributed by atoms with Gasteiger partial charge in [0.05, 0.1) is 33.3 Å². The number of rotatable bonds is 5. The first kappa shape index (κ1) is 21.0. The second-order valence-corrected chi connectivity index (χ2v) is 7.94. The second kappa shape index (κ2) is 8.49. The molecule has 7 nitrogen and oxygen atoms in total. The van der Waals surface area contributed by atoms with Crippen LogP contribution >= 0.6 is 0 Å². The second-order valence-electron chi connectivity index (χ2n) is 7.94. The lowest BCUT2D eigenvalue weighted by molar-refractivity contribution is -0.133. The van der Waals surface area contributed by atoms with Gasteiger partial charge >= 0.3 is 0 Å². The summed E-state index contributed by atoms with van der Waals surface area (Å²) in [5, 5.41) is 0. The number of ether oxygens (including phenoxy) is 3. The molecule has 0 N–H and O–H groups in total. The molecule has 0 radical (unpaired) electrons. The summed E-state index contributed by atoms with van der Waals surface area (Å²) in [6.07, 6.45) is 2.00. The minimum Gasteiger partial charge on any atom is -0.497 e. The Morgan fingerprint density at radius 3 is 2.13 bits per heavy atom. The van der Waals surface area contributed by atoms with Gasteiger partial charge in [-0.15, -0.1) is 0 Å². The average molecular weight is 424 g/mol. The van der Waals surface area contributed by atoms with Gasteiger partial charge in [0, 0.05) is 25.7 Å². The van der Waals surface area contributed by atoms with Crippen molar-refractivity contribution in [2.75, 3.05) is 41.5 Å². The lowest BCUT2D eigenvalue weighted by Gasteiger charge is -2.41. The van der Waals surface area contributed by atoms with Crippen molar-refractivity contribution in [1.29, 1.82) is 0 Å². The molecule has 164 valence electrons. The van der Waals surface area contributed by atoms with E-state index in [4.69, 9.17) is 14.2 Å². The van der Waals surface area contributed by atoms with E-state index in [2.05, 4.69) is 0 Å². The summed E-state index contributed by atoms with van der Waals surface area (Å²) in [6.45, 7) is 1.48. The normalized spacial score (nSPS) is 20.5. The first-order valence-electron chi connectivity index (χ1n) is 10.5. The summed E-state index contributed by atoms with van der Waals surface area (Å²) in [7, 11) is 6.45. The molecular formula is C24H28N2O5. The maximum absolute atomic E-state index is 13.8. The molecule has 0 bridgehead atoms. The zero-order chi connectivity index (χ0) is 22.1. The van der Waals surface area contributed by atoms with Gasteiger partial charge in [0.2, 0.25) is 5.91 Å². The topological polar surface area (TPSA) is 68.3 Å². The van der Waals surface area contributed by atoms with Crippen molar-refractivity contribution in [1.82, 2.24) is 9.80 Å². The van der Waals surface area contributed by atoms with Crippen molar-refractivity contribution < 1.29 is 23.8 Å². The summed E-state index contributed by atoms with van der Waals surface area (Å²) in [5.41, 5.74) is 2.04. The predicted molar refractivity (Wildman–Crippen MR) is 116 cm³/mol. The van der Waals surface area contributed by atoms with Crippen molar-refractivity contribution in [3.8, 4) is 17.2 Å². The third-order valence-corrected chi connectivity index (χ3v) is 6.32. The van der Waals surface area contributed by atoms with Crippen LogP contribution in [-0.2, 0) is 4.79 Å². The summed E-state index contributed by atoms with van der Waals surface area (Å²) in [6, 6.07) is 10.6. The first-order valence-corrected chi connectivity index (χ1v) is 10.5. The predicted octanol–water partition coefficient (Wildman–Crippen LogP) is 3.25. The Hall–Kier alpha value is -3.22. The zero-order valence-electron chi connectivity index (χ0n) is 18.4. The van der Waals surface area contributed by atoms with Crippen LogP contribution in [0.4, 0.5) is 0 Å². The van der Waals surface area contributed by atoms with Crippen LogP contribution in [0.15, 0.2) is 36.4 Å². The number of fused-ring (bicyclic) bond motifs is 1. The van der Waals surface area contributed by atoms with Crippen LogP contribution in [-0.4, -0.2) is 63.1 Å². The van der Waals surface area contributed by atoms with Crippen molar-refractivity contribution >= 4 is 11.8 Å². The first-order chi connectivity index (χ1) is 15.0. The molecule has 7 heteroatoms. The minimum atomic E-state index is -0.538. The van der Waals surface area contributed by atoms with E-state index in [0.717, 1.165) is 37.2 Å². The fraction of sp³-hybridized carbons (Fsp3) is 0.417. The van der Waals surface area contributed by atoms with Gasteiger partial charge in [0.25, 0.3) is 5.91 Å². The van der Waals surface area contributed by atoms with Crippen LogP contribution in [0.3, 0.4) is 0 Å². The van der Waals surface area contributed by atoms with Crippen LogP contribution in [0, 0.1) is 0 Å². The number of hydrogen-bond acceptors (Lipinski definition) is 5. The maximum atomic E-state index is 13.8. The van der Waals surface area contributed by atoms with E-state index >= 15 is 0 Å². The molecule has 2 atom stereocenters. The molecule has 2 aromatic carbocycles. The van der Waals surface area contributed by atoms with E-state index in [1.54, 1.807) is 38.3 Å². The fourth-order valence-corrected chi connectivity index (χ4v) is 4.67. The van der Waals surface area contributed by atoms with Crippen LogP contribution in [0.1, 0.15) is 46.3 Å². The van der Waals surface area contributed by atoms with Crippen molar-refractivity contribution in [3.05, 3.63) is 53.1 Å². The number of amides is 2. The van der Waals surface area contributed by atoms with E-state index in [1.807, 2.05) is 29.2 Å². The summed E-state index contributed by atoms with van der Waals surface area (Å²) in [4.78, 5) is 30.7. The Labute approximate surface area is 182 Å². The number of carbonyl (C=O) groups is 2. The highest BCUT2D eigenvalue weighted by Gasteiger charge is 2.45. The molecule has 1 saturated heterocycles. The molecule has 1 fully saturated rings. The molecule has 2 heterocycles. The van der Waals surface area contributed by atoms with Crippen LogP contribution in [0.5, 0.6) is 17.2 Å². The number of likely N-dealkylation sites (tertiary alicyclic amines) is 1. The van der Waals surface area contributed by atoms with Crippen molar-refractivity contribution in [2.24, 2.45) is 0 Å². The molecule has 0 saturated carbocycles. The lowest BCUT2D eigenvalue weighted by Crippen LogP contribution is -2.46. The van der Waals surface area contributed by atoms with Gasteiger partial charge in [0.15, 0.2) is 11.5 Å². The fourth-order valence-electron chi connectivity index (χ4n) is 4.67. The SMILES string of the molecule is COc1ccc([C@H]2[C@H](C(=O)N3CCCC3)c3cc(OC)c(OC)cc3C(=O)N2C)cc1. The quantitative estimate of drug-likeness (QED) is 0.737. The lowest BCUT2D eigenvalue weighted by atomic mass is 9.79. The van der Waals surface area contributed by atoms with E-state index in [-0.39, 0.29) is 11.8 Å². The van der Waals surface area contributed by atoms with Gasteiger partial charge in [-0.2, -0.15) is 0 Å². The van der Waals surface area contributed by atoms with Crippen molar-refractivity contribution in [2.45, 2.75) is 24.8 Å². The third-order valence-electron chi connectivity index (χ3n) is 6.32. The maximum Gasteiger partial charge on any atom is 0.254 e. The van der Waals surface area contributed by atoms with Gasteiger partial charge in [-0.3, -0.25) is 9.59 Å². The number of methoxy groups -OCH3 is 3. The van der Waals surface area contributed by atoms with Gasteiger partial charge in [-0.25, -0.2) is 0 Å². The Kier molecular flexibility index (Phi) is 5.76. The monoisotopic (exact) mass is 424 g/mol. The number of carbonyl (C=O) groups excluding carboxylic acids is 2. The standard InChI is InChI=1S/C24H28N2O5/c1-25-22(15-7-9-16(29-2)10-8-15)21(24(28)26-11-5-6-12-26)17-13-19(30-3)20(31-4)14-18(17)23(25)27/h7-10,13-14,21-22H,5-6,11-12H2,1-4H3/t21-,22+/m1/s1. The van der Waals surface area contributed by atoms with Gasteiger partial charge in [-0.1, -0.05) is 12.1 Å². The Morgan fingerprint density at radius 1 is 0.935 bits per heavy atom. The molecule has 31 heavy (non-hydrogen) atoms. The molecule has 2 aromatic rings. The third kappa shape index (κ3) is 3.58. The molecule has 0 unspecified atom stereocenters. The largest absolute Gasteiger partial charge is 0.497 e. The highest BCUT2D eigenvalue weighted by Crippen LogP contribution is 2.46. The van der Waals surface area contributed by atoms with Crippen LogP contribution in [0.25, 0.3) is 0 Å². The minimum absolute atomic E-state index is 0.0335. The van der Waals surface area contributed by atoms with Gasteiger partial charge < -0.3 is 24.0 Å². The van der Waals surface area contributed by atoms with E-state index in [9.17, 15) is 9.59 Å². The number of nitrogens with zero attached hydrogens (tertiary/aromatic N) is 2. The number of benzene rings is 2. The van der Waals surface area contributed by atoms with Gasteiger partial charge in [0.1, 0.15) is 5.75 Å². The molecule has 0 spiro atoms. The molecule has 4 rings (SSSR count). The van der Waals surface area contributed by atoms with E-state index in [0.29, 0.717) is 22.6 Å². The van der Waals surface area contributed by atoms with Crippen LogP contribution in [0.2, 0.25) is 0 Å². The highest BCUT2D eigenvalue weighted by atomic mass is 16.5. The Balaban J connectivity index is 1.89. The van der Waals surface area contributed by atoms with Gasteiger partial charge in [-0.05, 0) is 48.2 Å². The molecule has 2 amide bonds. The van der Waals surface area contributed by atoms with E-state index in [1.165, 1.54) is 7.11 Å². The van der Waals surface area contributed by atoms with Crippen molar-refractivity contribution in [3.63, 3.8) is 0 Å². The Bertz CT molecular complexity index is 982. The molecule has 0 aliphatic carbocycles. The average Bonchev–Trinajstić information content (AvgIpc) is 3.35. The molecule has 0 aromatic heterocycles. The smallest absolute Gasteiger partial charge is 0.254 e.